The molecule has 3 nitrogen and oxygen atoms in total. The molecular weight excluding hydrogens is 226 g/mol. The second-order valence-electron chi connectivity index (χ2n) is 7.11. The average molecular weight is 255 g/mol. The van der Waals surface area contributed by atoms with E-state index < -0.39 is 0 Å². The van der Waals surface area contributed by atoms with Crippen LogP contribution in [0.4, 0.5) is 0 Å². The van der Waals surface area contributed by atoms with Gasteiger partial charge >= 0.3 is 0 Å². The standard InChI is InChI=1S/C15H29NO2/c1-12(14(2,3)4)9-13(18)16-10-15(11-17)7-5-6-8-15/h12,17H,5-11H2,1-4H3,(H,16,18). The summed E-state index contributed by atoms with van der Waals surface area (Å²) in [7, 11) is 0. The van der Waals surface area contributed by atoms with Crippen LogP contribution in [0.2, 0.25) is 0 Å². The van der Waals surface area contributed by atoms with Crippen molar-refractivity contribution in [3.63, 3.8) is 0 Å². The van der Waals surface area contributed by atoms with Crippen molar-refractivity contribution in [2.45, 2.75) is 59.8 Å². The van der Waals surface area contributed by atoms with Crippen molar-refractivity contribution in [1.82, 2.24) is 5.32 Å². The van der Waals surface area contributed by atoms with Gasteiger partial charge in [0.15, 0.2) is 0 Å². The van der Waals surface area contributed by atoms with Crippen molar-refractivity contribution >= 4 is 5.91 Å². The molecule has 0 bridgehead atoms. The maximum Gasteiger partial charge on any atom is 0.220 e. The van der Waals surface area contributed by atoms with Gasteiger partial charge in [-0.2, -0.15) is 0 Å². The number of aliphatic hydroxyl groups excluding tert-OH is 1. The molecular formula is C15H29NO2. The van der Waals surface area contributed by atoms with Gasteiger partial charge in [-0.1, -0.05) is 40.5 Å². The highest BCUT2D eigenvalue weighted by Gasteiger charge is 2.33. The molecule has 0 heterocycles. The molecule has 106 valence electrons. The van der Waals surface area contributed by atoms with E-state index in [-0.39, 0.29) is 23.3 Å². The summed E-state index contributed by atoms with van der Waals surface area (Å²) in [5.41, 5.74) is 0.125. The third-order valence-electron chi connectivity index (χ3n) is 4.63. The number of hydrogen-bond donors (Lipinski definition) is 2. The molecule has 0 spiro atoms. The van der Waals surface area contributed by atoms with E-state index in [4.69, 9.17) is 0 Å². The zero-order valence-corrected chi connectivity index (χ0v) is 12.4. The normalized spacial score (nSPS) is 20.7. The van der Waals surface area contributed by atoms with Crippen molar-refractivity contribution in [3.8, 4) is 0 Å². The number of carbonyl (C=O) groups excluding carboxylic acids is 1. The van der Waals surface area contributed by atoms with Gasteiger partial charge in [0.25, 0.3) is 0 Å². The van der Waals surface area contributed by atoms with E-state index in [0.29, 0.717) is 18.9 Å². The predicted molar refractivity (Wildman–Crippen MR) is 74.2 cm³/mol. The summed E-state index contributed by atoms with van der Waals surface area (Å²) in [5, 5.41) is 12.5. The molecule has 3 heteroatoms. The van der Waals surface area contributed by atoms with Gasteiger partial charge in [-0.15, -0.1) is 0 Å². The number of rotatable bonds is 5. The van der Waals surface area contributed by atoms with Crippen molar-refractivity contribution in [1.29, 1.82) is 0 Å². The first-order valence-electron chi connectivity index (χ1n) is 7.17. The first-order chi connectivity index (χ1) is 8.29. The molecule has 0 aliphatic heterocycles. The summed E-state index contributed by atoms with van der Waals surface area (Å²) < 4.78 is 0. The van der Waals surface area contributed by atoms with Gasteiger partial charge in [0.05, 0.1) is 6.61 Å². The van der Waals surface area contributed by atoms with Crippen LogP contribution in [0.1, 0.15) is 59.8 Å². The van der Waals surface area contributed by atoms with E-state index in [1.807, 2.05) is 0 Å². The van der Waals surface area contributed by atoms with Crippen LogP contribution in [-0.4, -0.2) is 24.2 Å². The maximum atomic E-state index is 11.9. The molecule has 1 amide bonds. The third-order valence-corrected chi connectivity index (χ3v) is 4.63. The smallest absolute Gasteiger partial charge is 0.220 e. The Bertz CT molecular complexity index is 275. The number of carbonyl (C=O) groups is 1. The average Bonchev–Trinajstić information content (AvgIpc) is 2.74. The fourth-order valence-corrected chi connectivity index (χ4v) is 2.46. The van der Waals surface area contributed by atoms with Crippen LogP contribution in [-0.2, 0) is 4.79 Å². The van der Waals surface area contributed by atoms with E-state index in [0.717, 1.165) is 12.8 Å². The summed E-state index contributed by atoms with van der Waals surface area (Å²) in [6, 6.07) is 0. The second kappa shape index (κ2) is 6.05. The molecule has 1 rings (SSSR count). The fraction of sp³-hybridized carbons (Fsp3) is 0.933. The summed E-state index contributed by atoms with van der Waals surface area (Å²) >= 11 is 0. The first-order valence-corrected chi connectivity index (χ1v) is 7.17. The van der Waals surface area contributed by atoms with Gasteiger partial charge in [-0.05, 0) is 24.2 Å². The number of nitrogens with one attached hydrogen (secondary N) is 1. The van der Waals surface area contributed by atoms with E-state index in [2.05, 4.69) is 33.0 Å². The quantitative estimate of drug-likeness (QED) is 0.793. The van der Waals surface area contributed by atoms with Gasteiger partial charge in [0.2, 0.25) is 5.91 Å². The third kappa shape index (κ3) is 4.27. The fourth-order valence-electron chi connectivity index (χ4n) is 2.46. The van der Waals surface area contributed by atoms with Crippen LogP contribution in [0.5, 0.6) is 0 Å². The summed E-state index contributed by atoms with van der Waals surface area (Å²) in [6.45, 7) is 9.45. The molecule has 0 radical (unpaired) electrons. The Morgan fingerprint density at radius 3 is 2.33 bits per heavy atom. The molecule has 1 unspecified atom stereocenters. The first kappa shape index (κ1) is 15.5. The lowest BCUT2D eigenvalue weighted by Gasteiger charge is -2.29. The lowest BCUT2D eigenvalue weighted by atomic mass is 9.80. The minimum absolute atomic E-state index is 0.0410. The molecule has 0 aromatic carbocycles. The molecule has 2 N–H and O–H groups in total. The molecule has 18 heavy (non-hydrogen) atoms. The van der Waals surface area contributed by atoms with Gasteiger partial charge < -0.3 is 10.4 Å². The summed E-state index contributed by atoms with van der Waals surface area (Å²) in [6.07, 6.45) is 5.01. The van der Waals surface area contributed by atoms with Crippen molar-refractivity contribution in [2.75, 3.05) is 13.2 Å². The monoisotopic (exact) mass is 255 g/mol. The highest BCUT2D eigenvalue weighted by molar-refractivity contribution is 5.76. The van der Waals surface area contributed by atoms with E-state index in [9.17, 15) is 9.90 Å². The van der Waals surface area contributed by atoms with Gasteiger partial charge in [0, 0.05) is 18.4 Å². The Kier molecular flexibility index (Phi) is 5.20. The molecule has 1 saturated carbocycles. The molecule has 1 atom stereocenters. The molecule has 0 aromatic rings. The van der Waals surface area contributed by atoms with Crippen molar-refractivity contribution < 1.29 is 9.90 Å². The summed E-state index contributed by atoms with van der Waals surface area (Å²) in [4.78, 5) is 11.9. The second-order valence-corrected chi connectivity index (χ2v) is 7.11. The zero-order chi connectivity index (χ0) is 13.8. The SMILES string of the molecule is CC(CC(=O)NCC1(CO)CCCC1)C(C)(C)C. The Labute approximate surface area is 111 Å². The Balaban J connectivity index is 2.37. The minimum atomic E-state index is -0.0410. The van der Waals surface area contributed by atoms with Crippen LogP contribution in [0.25, 0.3) is 0 Å². The lowest BCUT2D eigenvalue weighted by molar-refractivity contribution is -0.123. The molecule has 0 aromatic heterocycles. The molecule has 1 aliphatic rings. The highest BCUT2D eigenvalue weighted by Crippen LogP contribution is 2.37. The van der Waals surface area contributed by atoms with E-state index >= 15 is 0 Å². The van der Waals surface area contributed by atoms with Crippen LogP contribution in [0.3, 0.4) is 0 Å². The molecule has 1 aliphatic carbocycles. The minimum Gasteiger partial charge on any atom is -0.396 e. The number of hydrogen-bond acceptors (Lipinski definition) is 2. The number of amides is 1. The Hall–Kier alpha value is -0.570. The van der Waals surface area contributed by atoms with E-state index in [1.54, 1.807) is 0 Å². The largest absolute Gasteiger partial charge is 0.396 e. The molecule has 1 fully saturated rings. The predicted octanol–water partition coefficient (Wildman–Crippen LogP) is 2.73. The Morgan fingerprint density at radius 2 is 1.89 bits per heavy atom. The zero-order valence-electron chi connectivity index (χ0n) is 12.4. The van der Waals surface area contributed by atoms with Gasteiger partial charge in [0.1, 0.15) is 0 Å². The summed E-state index contributed by atoms with van der Waals surface area (Å²) in [5.74, 6) is 0.489. The van der Waals surface area contributed by atoms with Gasteiger partial charge in [-0.25, -0.2) is 0 Å². The molecule has 0 saturated heterocycles. The van der Waals surface area contributed by atoms with Crippen LogP contribution in [0.15, 0.2) is 0 Å². The van der Waals surface area contributed by atoms with Crippen LogP contribution in [0, 0.1) is 16.7 Å². The lowest BCUT2D eigenvalue weighted by Crippen LogP contribution is -2.39. The van der Waals surface area contributed by atoms with Crippen LogP contribution >= 0.6 is 0 Å². The highest BCUT2D eigenvalue weighted by atomic mass is 16.3. The topological polar surface area (TPSA) is 49.3 Å². The number of aliphatic hydroxyl groups is 1. The Morgan fingerprint density at radius 1 is 1.33 bits per heavy atom. The van der Waals surface area contributed by atoms with Crippen molar-refractivity contribution in [3.05, 3.63) is 0 Å². The maximum absolute atomic E-state index is 11.9. The van der Waals surface area contributed by atoms with Crippen LogP contribution < -0.4 is 5.32 Å². The van der Waals surface area contributed by atoms with Crippen molar-refractivity contribution in [2.24, 2.45) is 16.7 Å². The van der Waals surface area contributed by atoms with Gasteiger partial charge in [-0.3, -0.25) is 4.79 Å². The van der Waals surface area contributed by atoms with E-state index in [1.165, 1.54) is 12.8 Å².